The third-order valence-electron chi connectivity index (χ3n) is 2.32. The summed E-state index contributed by atoms with van der Waals surface area (Å²) in [5, 5.41) is 2.97. The van der Waals surface area contributed by atoms with Gasteiger partial charge in [0.25, 0.3) is 0 Å². The van der Waals surface area contributed by atoms with Crippen LogP contribution in [0, 0.1) is 0 Å². The Morgan fingerprint density at radius 2 is 2.40 bits per heavy atom. The van der Waals surface area contributed by atoms with E-state index in [-0.39, 0.29) is 5.91 Å². The molecule has 10 heavy (non-hydrogen) atoms. The van der Waals surface area contributed by atoms with Crippen molar-refractivity contribution in [2.75, 3.05) is 13.1 Å². The predicted octanol–water partition coefficient (Wildman–Crippen LogP) is -0.0718. The Bertz CT molecular complexity index is 158. The fourth-order valence-corrected chi connectivity index (χ4v) is 1.76. The van der Waals surface area contributed by atoms with Gasteiger partial charge in [-0.25, -0.2) is 0 Å². The van der Waals surface area contributed by atoms with E-state index in [0.717, 1.165) is 13.0 Å². The lowest BCUT2D eigenvalue weighted by atomic mass is 10.2. The van der Waals surface area contributed by atoms with E-state index in [1.165, 1.54) is 13.0 Å². The molecular weight excluding hydrogens is 128 g/mol. The molecule has 0 aromatic carbocycles. The van der Waals surface area contributed by atoms with Gasteiger partial charge in [0, 0.05) is 19.5 Å². The zero-order valence-corrected chi connectivity index (χ0v) is 5.97. The van der Waals surface area contributed by atoms with E-state index in [2.05, 4.69) is 10.2 Å². The van der Waals surface area contributed by atoms with Crippen molar-refractivity contribution in [3.05, 3.63) is 0 Å². The van der Waals surface area contributed by atoms with Crippen LogP contribution in [-0.4, -0.2) is 30.1 Å². The summed E-state index contributed by atoms with van der Waals surface area (Å²) < 4.78 is 0. The normalized spacial score (nSPS) is 33.6. The van der Waals surface area contributed by atoms with Gasteiger partial charge in [-0.2, -0.15) is 0 Å². The van der Waals surface area contributed by atoms with Crippen LogP contribution in [0.4, 0.5) is 0 Å². The predicted molar refractivity (Wildman–Crippen MR) is 37.4 cm³/mol. The third kappa shape index (κ3) is 0.904. The molecule has 3 heteroatoms. The second kappa shape index (κ2) is 2.23. The first-order chi connectivity index (χ1) is 4.86. The highest BCUT2D eigenvalue weighted by Gasteiger charge is 2.29. The molecule has 0 aromatic heterocycles. The highest BCUT2D eigenvalue weighted by Crippen LogP contribution is 2.17. The van der Waals surface area contributed by atoms with Gasteiger partial charge in [0.05, 0.1) is 6.17 Å². The molecule has 1 atom stereocenters. The number of hydrogen-bond donors (Lipinski definition) is 1. The average Bonchev–Trinajstić information content (AvgIpc) is 2.33. The summed E-state index contributed by atoms with van der Waals surface area (Å²) in [6, 6.07) is 0. The Labute approximate surface area is 60.4 Å². The third-order valence-corrected chi connectivity index (χ3v) is 2.32. The number of nitrogens with one attached hydrogen (secondary N) is 1. The Balaban J connectivity index is 2.03. The van der Waals surface area contributed by atoms with Crippen LogP contribution in [0.3, 0.4) is 0 Å². The maximum Gasteiger partial charge on any atom is 0.222 e. The zero-order valence-electron chi connectivity index (χ0n) is 5.97. The quantitative estimate of drug-likeness (QED) is 0.510. The summed E-state index contributed by atoms with van der Waals surface area (Å²) in [4.78, 5) is 13.2. The number of amides is 1. The number of rotatable bonds is 0. The highest BCUT2D eigenvalue weighted by molar-refractivity contribution is 5.77. The van der Waals surface area contributed by atoms with Gasteiger partial charge in [0.1, 0.15) is 0 Å². The van der Waals surface area contributed by atoms with E-state index in [1.807, 2.05) is 0 Å². The maximum atomic E-state index is 10.9. The molecule has 0 radical (unpaired) electrons. The Morgan fingerprint density at radius 3 is 3.30 bits per heavy atom. The average molecular weight is 140 g/mol. The molecule has 0 saturated carbocycles. The van der Waals surface area contributed by atoms with Gasteiger partial charge in [0.2, 0.25) is 5.91 Å². The van der Waals surface area contributed by atoms with E-state index in [9.17, 15) is 4.79 Å². The molecule has 2 aliphatic heterocycles. The summed E-state index contributed by atoms with van der Waals surface area (Å²) >= 11 is 0. The first-order valence-corrected chi connectivity index (χ1v) is 3.90. The van der Waals surface area contributed by atoms with Gasteiger partial charge in [-0.05, 0) is 12.8 Å². The van der Waals surface area contributed by atoms with Crippen LogP contribution in [0.5, 0.6) is 0 Å². The fourth-order valence-electron chi connectivity index (χ4n) is 1.76. The molecule has 3 nitrogen and oxygen atoms in total. The SMILES string of the molecule is O=C1CCN2CCC[C@H]2N1. The molecule has 1 amide bonds. The number of nitrogens with zero attached hydrogens (tertiary/aromatic N) is 1. The molecule has 56 valence electrons. The maximum absolute atomic E-state index is 10.9. The standard InChI is InChI=1S/C7H12N2O/c10-7-3-5-9-4-1-2-6(9)8-7/h6H,1-5H2,(H,8,10)/t6-/m0/s1. The van der Waals surface area contributed by atoms with Crippen molar-refractivity contribution >= 4 is 5.91 Å². The van der Waals surface area contributed by atoms with E-state index in [1.54, 1.807) is 0 Å². The van der Waals surface area contributed by atoms with Crippen molar-refractivity contribution in [1.29, 1.82) is 0 Å². The minimum absolute atomic E-state index is 0.225. The molecule has 2 saturated heterocycles. The summed E-state index contributed by atoms with van der Waals surface area (Å²) in [6.07, 6.45) is 3.45. The molecule has 0 aliphatic carbocycles. The number of fused-ring (bicyclic) bond motifs is 1. The lowest BCUT2D eigenvalue weighted by Crippen LogP contribution is -2.50. The molecule has 0 spiro atoms. The van der Waals surface area contributed by atoms with Crippen molar-refractivity contribution in [2.45, 2.75) is 25.4 Å². The molecule has 2 heterocycles. The second-order valence-corrected chi connectivity index (χ2v) is 3.01. The van der Waals surface area contributed by atoms with E-state index in [0.29, 0.717) is 12.6 Å². The van der Waals surface area contributed by atoms with Gasteiger partial charge in [-0.3, -0.25) is 9.69 Å². The van der Waals surface area contributed by atoms with Crippen molar-refractivity contribution in [2.24, 2.45) is 0 Å². The lowest BCUT2D eigenvalue weighted by Gasteiger charge is -2.29. The first kappa shape index (κ1) is 6.16. The van der Waals surface area contributed by atoms with E-state index in [4.69, 9.17) is 0 Å². The van der Waals surface area contributed by atoms with Crippen LogP contribution >= 0.6 is 0 Å². The summed E-state index contributed by atoms with van der Waals surface area (Å²) in [5.41, 5.74) is 0. The minimum atomic E-state index is 0.225. The molecule has 2 rings (SSSR count). The zero-order chi connectivity index (χ0) is 6.97. The first-order valence-electron chi connectivity index (χ1n) is 3.90. The van der Waals surface area contributed by atoms with Crippen LogP contribution < -0.4 is 5.32 Å². The van der Waals surface area contributed by atoms with E-state index >= 15 is 0 Å². The van der Waals surface area contributed by atoms with Gasteiger partial charge in [-0.1, -0.05) is 0 Å². The lowest BCUT2D eigenvalue weighted by molar-refractivity contribution is -0.125. The van der Waals surface area contributed by atoms with Crippen LogP contribution in [-0.2, 0) is 4.79 Å². The van der Waals surface area contributed by atoms with Crippen LogP contribution in [0.1, 0.15) is 19.3 Å². The van der Waals surface area contributed by atoms with Crippen molar-refractivity contribution < 1.29 is 4.79 Å². The van der Waals surface area contributed by atoms with E-state index < -0.39 is 0 Å². The molecule has 2 aliphatic rings. The van der Waals surface area contributed by atoms with Crippen molar-refractivity contribution in [3.8, 4) is 0 Å². The minimum Gasteiger partial charge on any atom is -0.341 e. The van der Waals surface area contributed by atoms with Crippen molar-refractivity contribution in [3.63, 3.8) is 0 Å². The van der Waals surface area contributed by atoms with Gasteiger partial charge < -0.3 is 5.32 Å². The second-order valence-electron chi connectivity index (χ2n) is 3.01. The summed E-state index contributed by atoms with van der Waals surface area (Å²) in [6.45, 7) is 2.14. The molecule has 2 fully saturated rings. The van der Waals surface area contributed by atoms with Crippen molar-refractivity contribution in [1.82, 2.24) is 10.2 Å². The molecule has 0 unspecified atom stereocenters. The Hall–Kier alpha value is -0.570. The van der Waals surface area contributed by atoms with Gasteiger partial charge in [0.15, 0.2) is 0 Å². The smallest absolute Gasteiger partial charge is 0.222 e. The van der Waals surface area contributed by atoms with Crippen LogP contribution in [0.15, 0.2) is 0 Å². The molecule has 1 N–H and O–H groups in total. The van der Waals surface area contributed by atoms with Crippen LogP contribution in [0.2, 0.25) is 0 Å². The van der Waals surface area contributed by atoms with Crippen LogP contribution in [0.25, 0.3) is 0 Å². The molecule has 0 bridgehead atoms. The summed E-state index contributed by atoms with van der Waals surface area (Å²) in [7, 11) is 0. The van der Waals surface area contributed by atoms with Gasteiger partial charge in [-0.15, -0.1) is 0 Å². The molecular formula is C7H12N2O. The highest BCUT2D eigenvalue weighted by atomic mass is 16.2. The largest absolute Gasteiger partial charge is 0.341 e. The summed E-state index contributed by atoms with van der Waals surface area (Å²) in [5.74, 6) is 0.225. The topological polar surface area (TPSA) is 32.3 Å². The monoisotopic (exact) mass is 140 g/mol. The Kier molecular flexibility index (Phi) is 1.38. The van der Waals surface area contributed by atoms with Gasteiger partial charge >= 0.3 is 0 Å². The fraction of sp³-hybridized carbons (Fsp3) is 0.857. The number of carbonyl (C=O) groups excluding carboxylic acids is 1. The number of hydrogen-bond acceptors (Lipinski definition) is 2. The number of carbonyl (C=O) groups is 1. The molecule has 0 aromatic rings. The Morgan fingerprint density at radius 1 is 1.50 bits per heavy atom.